The van der Waals surface area contributed by atoms with Crippen LogP contribution in [0.1, 0.15) is 43.9 Å². The van der Waals surface area contributed by atoms with Crippen molar-refractivity contribution >= 4 is 0 Å². The van der Waals surface area contributed by atoms with Gasteiger partial charge < -0.3 is 5.32 Å². The van der Waals surface area contributed by atoms with Crippen LogP contribution < -0.4 is 5.32 Å². The van der Waals surface area contributed by atoms with Gasteiger partial charge in [-0.3, -0.25) is 0 Å². The standard InChI is InChI=1S/C11H9F3N2.C3H8/c12-9-2-7(5-15)1-8(3-9)10-4-11(13,14)6-16-10;1-3-2/h1-3,10,16H,4,6H2;3H2,1-2H3/t10-;/m1./s1. The number of hydrogen-bond acceptors (Lipinski definition) is 2. The lowest BCUT2D eigenvalue weighted by Gasteiger charge is -2.11. The molecule has 1 aromatic carbocycles. The fourth-order valence-corrected chi connectivity index (χ4v) is 1.83. The molecule has 0 saturated carbocycles. The summed E-state index contributed by atoms with van der Waals surface area (Å²) in [5, 5.41) is 11.3. The Morgan fingerprint density at radius 3 is 2.47 bits per heavy atom. The molecule has 0 amide bonds. The number of rotatable bonds is 1. The first-order valence-electron chi connectivity index (χ1n) is 6.23. The average Bonchev–Trinajstić information content (AvgIpc) is 2.70. The molecule has 0 aromatic heterocycles. The molecule has 1 aromatic rings. The van der Waals surface area contributed by atoms with Gasteiger partial charge in [-0.15, -0.1) is 0 Å². The highest BCUT2D eigenvalue weighted by Crippen LogP contribution is 2.34. The maximum Gasteiger partial charge on any atom is 0.262 e. The van der Waals surface area contributed by atoms with E-state index in [0.29, 0.717) is 5.56 Å². The van der Waals surface area contributed by atoms with Crippen LogP contribution in [0.5, 0.6) is 0 Å². The molecular weight excluding hydrogens is 253 g/mol. The summed E-state index contributed by atoms with van der Waals surface area (Å²) in [5.74, 6) is -3.34. The first-order chi connectivity index (χ1) is 8.91. The molecule has 19 heavy (non-hydrogen) atoms. The molecule has 1 atom stereocenters. The molecule has 1 N–H and O–H groups in total. The van der Waals surface area contributed by atoms with Crippen molar-refractivity contribution in [3.63, 3.8) is 0 Å². The Kier molecular flexibility index (Phi) is 5.37. The predicted octanol–water partition coefficient (Wildman–Crippen LogP) is 3.78. The zero-order valence-corrected chi connectivity index (χ0v) is 11.0. The van der Waals surface area contributed by atoms with Crippen molar-refractivity contribution in [3.8, 4) is 6.07 Å². The quantitative estimate of drug-likeness (QED) is 0.843. The normalized spacial score (nSPS) is 20.3. The van der Waals surface area contributed by atoms with E-state index in [2.05, 4.69) is 19.2 Å². The van der Waals surface area contributed by atoms with Crippen LogP contribution >= 0.6 is 0 Å². The number of alkyl halides is 2. The Labute approximate surface area is 111 Å². The van der Waals surface area contributed by atoms with Crippen LogP contribution in [0.2, 0.25) is 0 Å². The van der Waals surface area contributed by atoms with Crippen molar-refractivity contribution in [1.82, 2.24) is 5.32 Å². The fourth-order valence-electron chi connectivity index (χ4n) is 1.83. The zero-order chi connectivity index (χ0) is 14.5. The number of nitrogens with one attached hydrogen (secondary N) is 1. The number of nitrogens with zero attached hydrogens (tertiary/aromatic N) is 1. The highest BCUT2D eigenvalue weighted by molar-refractivity contribution is 5.35. The Hall–Kier alpha value is -1.54. The van der Waals surface area contributed by atoms with E-state index in [-0.39, 0.29) is 12.0 Å². The van der Waals surface area contributed by atoms with Gasteiger partial charge in [0.25, 0.3) is 5.92 Å². The van der Waals surface area contributed by atoms with E-state index >= 15 is 0 Å². The van der Waals surface area contributed by atoms with E-state index in [1.54, 1.807) is 6.07 Å². The minimum absolute atomic E-state index is 0.145. The van der Waals surface area contributed by atoms with Gasteiger partial charge in [0.2, 0.25) is 0 Å². The summed E-state index contributed by atoms with van der Waals surface area (Å²) in [6.45, 7) is 3.84. The van der Waals surface area contributed by atoms with Crippen LogP contribution in [0.25, 0.3) is 0 Å². The van der Waals surface area contributed by atoms with E-state index in [9.17, 15) is 13.2 Å². The van der Waals surface area contributed by atoms with Crippen molar-refractivity contribution in [2.45, 2.75) is 38.7 Å². The molecule has 0 spiro atoms. The van der Waals surface area contributed by atoms with Gasteiger partial charge in [0.1, 0.15) is 5.82 Å². The van der Waals surface area contributed by atoms with E-state index in [1.807, 2.05) is 0 Å². The molecule has 2 rings (SSSR count). The second kappa shape index (κ2) is 6.58. The van der Waals surface area contributed by atoms with Crippen LogP contribution in [0, 0.1) is 17.1 Å². The number of nitriles is 1. The lowest BCUT2D eigenvalue weighted by Crippen LogP contribution is -2.19. The topological polar surface area (TPSA) is 35.8 Å². The van der Waals surface area contributed by atoms with Crippen molar-refractivity contribution in [2.24, 2.45) is 0 Å². The van der Waals surface area contributed by atoms with Gasteiger partial charge in [0.05, 0.1) is 18.2 Å². The molecule has 5 heteroatoms. The van der Waals surface area contributed by atoms with Gasteiger partial charge in [0, 0.05) is 12.5 Å². The molecule has 104 valence electrons. The number of halogens is 3. The van der Waals surface area contributed by atoms with Crippen LogP contribution in [0.4, 0.5) is 13.2 Å². The molecule has 1 aliphatic rings. The first-order valence-corrected chi connectivity index (χ1v) is 6.23. The van der Waals surface area contributed by atoms with Gasteiger partial charge in [-0.05, 0) is 23.8 Å². The van der Waals surface area contributed by atoms with Gasteiger partial charge in [0.15, 0.2) is 0 Å². The molecule has 1 aliphatic heterocycles. The van der Waals surface area contributed by atoms with Gasteiger partial charge >= 0.3 is 0 Å². The SMILES string of the molecule is CCC.N#Cc1cc(F)cc([C@H]2CC(F)(F)CN2)c1. The van der Waals surface area contributed by atoms with E-state index in [1.165, 1.54) is 18.6 Å². The minimum atomic E-state index is -2.76. The maximum atomic E-state index is 13.1. The van der Waals surface area contributed by atoms with Crippen LogP contribution in [0.15, 0.2) is 18.2 Å². The van der Waals surface area contributed by atoms with E-state index in [0.717, 1.165) is 6.07 Å². The van der Waals surface area contributed by atoms with E-state index in [4.69, 9.17) is 5.26 Å². The molecule has 0 aliphatic carbocycles. The van der Waals surface area contributed by atoms with Gasteiger partial charge in [-0.2, -0.15) is 5.26 Å². The summed E-state index contributed by atoms with van der Waals surface area (Å²) < 4.78 is 39.0. The summed E-state index contributed by atoms with van der Waals surface area (Å²) in [6, 6.07) is 4.90. The zero-order valence-electron chi connectivity index (χ0n) is 11.0. The molecule has 2 nitrogen and oxygen atoms in total. The monoisotopic (exact) mass is 270 g/mol. The molecule has 1 heterocycles. The highest BCUT2D eigenvalue weighted by Gasteiger charge is 2.39. The lowest BCUT2D eigenvalue weighted by molar-refractivity contribution is 0.0210. The summed E-state index contributed by atoms with van der Waals surface area (Å²) in [4.78, 5) is 0. The van der Waals surface area contributed by atoms with Crippen molar-refractivity contribution < 1.29 is 13.2 Å². The van der Waals surface area contributed by atoms with Crippen molar-refractivity contribution in [1.29, 1.82) is 5.26 Å². The molecule has 0 bridgehead atoms. The third kappa shape index (κ3) is 4.56. The molecule has 1 fully saturated rings. The highest BCUT2D eigenvalue weighted by atomic mass is 19.3. The Morgan fingerprint density at radius 2 is 2.00 bits per heavy atom. The van der Waals surface area contributed by atoms with Gasteiger partial charge in [-0.25, -0.2) is 13.2 Å². The Balaban J connectivity index is 0.000000550. The van der Waals surface area contributed by atoms with Crippen LogP contribution in [-0.4, -0.2) is 12.5 Å². The van der Waals surface area contributed by atoms with Crippen molar-refractivity contribution in [2.75, 3.05) is 6.54 Å². The van der Waals surface area contributed by atoms with Gasteiger partial charge in [-0.1, -0.05) is 20.3 Å². The lowest BCUT2D eigenvalue weighted by atomic mass is 10.0. The first kappa shape index (κ1) is 15.5. The van der Waals surface area contributed by atoms with E-state index < -0.39 is 24.3 Å². The maximum absolute atomic E-state index is 13.1. The second-order valence-electron chi connectivity index (χ2n) is 4.59. The third-order valence-corrected chi connectivity index (χ3v) is 2.56. The molecular formula is C14H17F3N2. The number of benzene rings is 1. The smallest absolute Gasteiger partial charge is 0.262 e. The predicted molar refractivity (Wildman–Crippen MR) is 67.4 cm³/mol. The van der Waals surface area contributed by atoms with Crippen molar-refractivity contribution in [3.05, 3.63) is 35.1 Å². The summed E-state index contributed by atoms with van der Waals surface area (Å²) in [7, 11) is 0. The Bertz CT molecular complexity index is 466. The largest absolute Gasteiger partial charge is 0.304 e. The van der Waals surface area contributed by atoms with Crippen LogP contribution in [-0.2, 0) is 0 Å². The fraction of sp³-hybridized carbons (Fsp3) is 0.500. The molecule has 0 radical (unpaired) electrons. The summed E-state index contributed by atoms with van der Waals surface area (Å²) in [6.07, 6.45) is 0.890. The average molecular weight is 270 g/mol. The molecule has 0 unspecified atom stereocenters. The molecule has 1 saturated heterocycles. The summed E-state index contributed by atoms with van der Waals surface area (Å²) >= 11 is 0. The minimum Gasteiger partial charge on any atom is -0.304 e. The Morgan fingerprint density at radius 1 is 1.37 bits per heavy atom. The summed E-state index contributed by atoms with van der Waals surface area (Å²) in [5.41, 5.74) is 0.542. The number of hydrogen-bond donors (Lipinski definition) is 1. The third-order valence-electron chi connectivity index (χ3n) is 2.56. The second-order valence-corrected chi connectivity index (χ2v) is 4.59. The van der Waals surface area contributed by atoms with Crippen LogP contribution in [0.3, 0.4) is 0 Å².